The number of carbonyl (C=O) groups is 1. The number of piperidine rings is 1. The third kappa shape index (κ3) is 5.49. The quantitative estimate of drug-likeness (QED) is 0.826. The molecular formula is C19H30N2O3. The van der Waals surface area contributed by atoms with Gasteiger partial charge in [0.25, 0.3) is 0 Å². The number of hydrogen-bond donors (Lipinski definition) is 1. The average molecular weight is 334 g/mol. The molecule has 1 amide bonds. The number of carbonyl (C=O) groups excluding carboxylic acids is 1. The highest BCUT2D eigenvalue weighted by molar-refractivity contribution is 5.78. The van der Waals surface area contributed by atoms with Crippen LogP contribution in [0.1, 0.15) is 25.3 Å². The summed E-state index contributed by atoms with van der Waals surface area (Å²) < 4.78 is 5.67. The van der Waals surface area contributed by atoms with Crippen LogP contribution < -0.4 is 4.74 Å². The number of rotatable bonds is 7. The molecule has 1 aromatic carbocycles. The molecule has 5 heteroatoms. The predicted molar refractivity (Wildman–Crippen MR) is 95.2 cm³/mol. The smallest absolute Gasteiger partial charge is 0.226 e. The first-order chi connectivity index (χ1) is 11.5. The SMILES string of the molecule is CCc1ccc(OCC(O)CN2CCCC(C(=O)N(C)C)C2)cc1. The first-order valence-corrected chi connectivity index (χ1v) is 8.83. The Bertz CT molecular complexity index is 516. The van der Waals surface area contributed by atoms with Gasteiger partial charge in [0.2, 0.25) is 5.91 Å². The van der Waals surface area contributed by atoms with Crippen molar-refractivity contribution in [2.24, 2.45) is 5.92 Å². The van der Waals surface area contributed by atoms with Crippen LogP contribution in [0.4, 0.5) is 0 Å². The highest BCUT2D eigenvalue weighted by Gasteiger charge is 2.27. The Morgan fingerprint density at radius 3 is 2.71 bits per heavy atom. The second-order valence-electron chi connectivity index (χ2n) is 6.79. The molecule has 1 N–H and O–H groups in total. The lowest BCUT2D eigenvalue weighted by atomic mass is 9.96. The maximum atomic E-state index is 12.1. The molecule has 0 aliphatic carbocycles. The number of aliphatic hydroxyl groups is 1. The maximum absolute atomic E-state index is 12.1. The number of likely N-dealkylation sites (tertiary alicyclic amines) is 1. The molecular weight excluding hydrogens is 304 g/mol. The van der Waals surface area contributed by atoms with Gasteiger partial charge in [-0.1, -0.05) is 19.1 Å². The number of ether oxygens (including phenoxy) is 1. The fraction of sp³-hybridized carbons (Fsp3) is 0.632. The van der Waals surface area contributed by atoms with E-state index in [1.165, 1.54) is 5.56 Å². The van der Waals surface area contributed by atoms with E-state index in [0.29, 0.717) is 6.54 Å². The van der Waals surface area contributed by atoms with Crippen molar-refractivity contribution in [3.8, 4) is 5.75 Å². The Morgan fingerprint density at radius 1 is 1.38 bits per heavy atom. The zero-order valence-electron chi connectivity index (χ0n) is 15.1. The number of hydrogen-bond acceptors (Lipinski definition) is 4. The van der Waals surface area contributed by atoms with Gasteiger partial charge in [0, 0.05) is 27.2 Å². The molecule has 2 atom stereocenters. The van der Waals surface area contributed by atoms with Crippen molar-refractivity contribution in [1.82, 2.24) is 9.80 Å². The molecule has 1 fully saturated rings. The minimum Gasteiger partial charge on any atom is -0.491 e. The van der Waals surface area contributed by atoms with Crippen molar-refractivity contribution >= 4 is 5.91 Å². The summed E-state index contributed by atoms with van der Waals surface area (Å²) in [4.78, 5) is 15.9. The number of amides is 1. The molecule has 0 bridgehead atoms. The van der Waals surface area contributed by atoms with Gasteiger partial charge >= 0.3 is 0 Å². The Hall–Kier alpha value is -1.59. The number of aryl methyl sites for hydroxylation is 1. The topological polar surface area (TPSA) is 53.0 Å². The van der Waals surface area contributed by atoms with E-state index < -0.39 is 6.10 Å². The summed E-state index contributed by atoms with van der Waals surface area (Å²) in [5.74, 6) is 1.01. The second-order valence-corrected chi connectivity index (χ2v) is 6.79. The van der Waals surface area contributed by atoms with E-state index in [9.17, 15) is 9.90 Å². The zero-order chi connectivity index (χ0) is 17.5. The largest absolute Gasteiger partial charge is 0.491 e. The monoisotopic (exact) mass is 334 g/mol. The molecule has 0 saturated carbocycles. The molecule has 0 aromatic heterocycles. The minimum atomic E-state index is -0.552. The lowest BCUT2D eigenvalue weighted by molar-refractivity contribution is -0.135. The van der Waals surface area contributed by atoms with Gasteiger partial charge in [-0.3, -0.25) is 9.69 Å². The van der Waals surface area contributed by atoms with Crippen LogP contribution >= 0.6 is 0 Å². The van der Waals surface area contributed by atoms with Crippen LogP contribution in [0, 0.1) is 5.92 Å². The molecule has 24 heavy (non-hydrogen) atoms. The lowest BCUT2D eigenvalue weighted by Crippen LogP contribution is -2.46. The van der Waals surface area contributed by atoms with Crippen molar-refractivity contribution in [2.75, 3.05) is 40.3 Å². The molecule has 2 rings (SSSR count). The van der Waals surface area contributed by atoms with Crippen LogP contribution in [0.25, 0.3) is 0 Å². The molecule has 0 spiro atoms. The van der Waals surface area contributed by atoms with E-state index in [2.05, 4.69) is 11.8 Å². The van der Waals surface area contributed by atoms with E-state index in [-0.39, 0.29) is 18.4 Å². The second kappa shape index (κ2) is 9.04. The summed E-state index contributed by atoms with van der Waals surface area (Å²) in [5, 5.41) is 10.2. The number of aliphatic hydroxyl groups excluding tert-OH is 1. The summed E-state index contributed by atoms with van der Waals surface area (Å²) in [6.45, 7) is 4.59. The van der Waals surface area contributed by atoms with Crippen molar-refractivity contribution in [3.63, 3.8) is 0 Å². The lowest BCUT2D eigenvalue weighted by Gasteiger charge is -2.34. The van der Waals surface area contributed by atoms with Crippen LogP contribution in [0.3, 0.4) is 0 Å². The van der Waals surface area contributed by atoms with Gasteiger partial charge in [-0.2, -0.15) is 0 Å². The van der Waals surface area contributed by atoms with Gasteiger partial charge in [-0.05, 0) is 43.5 Å². The molecule has 0 radical (unpaired) electrons. The van der Waals surface area contributed by atoms with E-state index in [4.69, 9.17) is 4.74 Å². The summed E-state index contributed by atoms with van der Waals surface area (Å²) in [6, 6.07) is 7.98. The van der Waals surface area contributed by atoms with Crippen LogP contribution in [0.5, 0.6) is 5.75 Å². The molecule has 1 aromatic rings. The van der Waals surface area contributed by atoms with Crippen molar-refractivity contribution < 1.29 is 14.6 Å². The molecule has 134 valence electrons. The summed E-state index contributed by atoms with van der Waals surface area (Å²) in [7, 11) is 3.60. The third-order valence-corrected chi connectivity index (χ3v) is 4.54. The fourth-order valence-corrected chi connectivity index (χ4v) is 3.15. The van der Waals surface area contributed by atoms with Gasteiger partial charge in [-0.15, -0.1) is 0 Å². The summed E-state index contributed by atoms with van der Waals surface area (Å²) in [5.41, 5.74) is 1.27. The van der Waals surface area contributed by atoms with E-state index in [1.54, 1.807) is 19.0 Å². The standard InChI is InChI=1S/C19H30N2O3/c1-4-15-7-9-18(10-8-15)24-14-17(22)13-21-11-5-6-16(12-21)19(23)20(2)3/h7-10,16-17,22H,4-6,11-14H2,1-3H3. The third-order valence-electron chi connectivity index (χ3n) is 4.54. The highest BCUT2D eigenvalue weighted by atomic mass is 16.5. The van der Waals surface area contributed by atoms with Gasteiger partial charge in [0.05, 0.1) is 5.92 Å². The van der Waals surface area contributed by atoms with Gasteiger partial charge in [0.1, 0.15) is 18.5 Å². The highest BCUT2D eigenvalue weighted by Crippen LogP contribution is 2.19. The van der Waals surface area contributed by atoms with E-state index in [0.717, 1.165) is 38.1 Å². The van der Waals surface area contributed by atoms with Crippen LogP contribution in [-0.2, 0) is 11.2 Å². The van der Waals surface area contributed by atoms with Crippen LogP contribution in [-0.4, -0.2) is 67.3 Å². The van der Waals surface area contributed by atoms with Crippen molar-refractivity contribution in [2.45, 2.75) is 32.3 Å². The Labute approximate surface area is 145 Å². The van der Waals surface area contributed by atoms with Gasteiger partial charge in [0.15, 0.2) is 0 Å². The van der Waals surface area contributed by atoms with E-state index in [1.807, 2.05) is 24.3 Å². The summed E-state index contributed by atoms with van der Waals surface area (Å²) in [6.07, 6.45) is 2.38. The predicted octanol–water partition coefficient (Wildman–Crippen LogP) is 1.79. The maximum Gasteiger partial charge on any atom is 0.226 e. The average Bonchev–Trinajstić information content (AvgIpc) is 2.60. The number of β-amino-alcohol motifs (C(OH)–C–C–N with tert-alkyl or cyclic N) is 1. The molecule has 1 heterocycles. The van der Waals surface area contributed by atoms with Crippen LogP contribution in [0.2, 0.25) is 0 Å². The zero-order valence-corrected chi connectivity index (χ0v) is 15.1. The molecule has 5 nitrogen and oxygen atoms in total. The molecule has 1 aliphatic rings. The van der Waals surface area contributed by atoms with Gasteiger partial charge < -0.3 is 14.7 Å². The molecule has 1 aliphatic heterocycles. The number of nitrogens with zero attached hydrogens (tertiary/aromatic N) is 2. The van der Waals surface area contributed by atoms with Crippen molar-refractivity contribution in [3.05, 3.63) is 29.8 Å². The molecule has 1 saturated heterocycles. The Kier molecular flexibility index (Phi) is 7.06. The minimum absolute atomic E-state index is 0.0449. The van der Waals surface area contributed by atoms with Crippen molar-refractivity contribution in [1.29, 1.82) is 0 Å². The van der Waals surface area contributed by atoms with Crippen LogP contribution in [0.15, 0.2) is 24.3 Å². The Morgan fingerprint density at radius 2 is 2.08 bits per heavy atom. The van der Waals surface area contributed by atoms with Gasteiger partial charge in [-0.25, -0.2) is 0 Å². The van der Waals surface area contributed by atoms with E-state index >= 15 is 0 Å². The first-order valence-electron chi connectivity index (χ1n) is 8.83. The summed E-state index contributed by atoms with van der Waals surface area (Å²) >= 11 is 0. The normalized spacial score (nSPS) is 19.8. The number of benzene rings is 1. The molecule has 2 unspecified atom stereocenters. The Balaban J connectivity index is 1.76. The fourth-order valence-electron chi connectivity index (χ4n) is 3.15. The first kappa shape index (κ1) is 18.7.